The second kappa shape index (κ2) is 8.34. The minimum absolute atomic E-state index is 0.0682. The van der Waals surface area contributed by atoms with Crippen LogP contribution in [0.25, 0.3) is 0 Å². The van der Waals surface area contributed by atoms with Crippen molar-refractivity contribution >= 4 is 15.7 Å². The monoisotopic (exact) mass is 341 g/mol. The van der Waals surface area contributed by atoms with Crippen LogP contribution < -0.4 is 4.74 Å². The van der Waals surface area contributed by atoms with E-state index in [9.17, 15) is 13.2 Å². The third-order valence-electron chi connectivity index (χ3n) is 4.25. The van der Waals surface area contributed by atoms with Gasteiger partial charge in [-0.3, -0.25) is 4.79 Å². The molecule has 23 heavy (non-hydrogen) atoms. The fourth-order valence-electron chi connectivity index (χ4n) is 2.20. The normalized spacial score (nSPS) is 14.1. The quantitative estimate of drug-likeness (QED) is 0.681. The van der Waals surface area contributed by atoms with Crippen LogP contribution >= 0.6 is 0 Å². The average molecular weight is 341 g/mol. The first kappa shape index (κ1) is 19.5. The van der Waals surface area contributed by atoms with Gasteiger partial charge in [-0.1, -0.05) is 18.2 Å². The van der Waals surface area contributed by atoms with Crippen molar-refractivity contribution < 1.29 is 17.9 Å². The average Bonchev–Trinajstić information content (AvgIpc) is 2.49. The number of hydrogen-bond donors (Lipinski definition) is 0. The Morgan fingerprint density at radius 1 is 1.26 bits per heavy atom. The number of hydrogen-bond acceptors (Lipinski definition) is 4. The van der Waals surface area contributed by atoms with E-state index < -0.39 is 15.1 Å². The van der Waals surface area contributed by atoms with Gasteiger partial charge < -0.3 is 9.64 Å². The van der Waals surface area contributed by atoms with Gasteiger partial charge in [-0.25, -0.2) is 8.42 Å². The smallest absolute Gasteiger partial charge is 0.222 e. The maximum absolute atomic E-state index is 12.2. The van der Waals surface area contributed by atoms with Crippen molar-refractivity contribution in [2.75, 3.05) is 19.9 Å². The van der Waals surface area contributed by atoms with Gasteiger partial charge in [0.25, 0.3) is 0 Å². The topological polar surface area (TPSA) is 63.7 Å². The Bertz CT molecular complexity index is 627. The van der Waals surface area contributed by atoms with Gasteiger partial charge >= 0.3 is 0 Å². The molecule has 0 bridgehead atoms. The van der Waals surface area contributed by atoms with Gasteiger partial charge in [0.1, 0.15) is 5.75 Å². The first-order valence-electron chi connectivity index (χ1n) is 7.77. The van der Waals surface area contributed by atoms with Gasteiger partial charge in [-0.05, 0) is 38.8 Å². The molecule has 0 spiro atoms. The predicted octanol–water partition coefficient (Wildman–Crippen LogP) is 2.43. The van der Waals surface area contributed by atoms with Crippen molar-refractivity contribution in [3.05, 3.63) is 29.8 Å². The summed E-state index contributed by atoms with van der Waals surface area (Å²) in [7, 11) is -1.52. The number of aryl methyl sites for hydroxylation is 1. The number of sulfone groups is 1. The molecule has 1 amide bonds. The molecule has 0 saturated heterocycles. The summed E-state index contributed by atoms with van der Waals surface area (Å²) in [6.07, 6.45) is 2.13. The van der Waals surface area contributed by atoms with E-state index in [0.29, 0.717) is 19.4 Å². The largest absolute Gasteiger partial charge is 0.493 e. The highest BCUT2D eigenvalue weighted by atomic mass is 32.2. The summed E-state index contributed by atoms with van der Waals surface area (Å²) in [6, 6.07) is 7.39. The van der Waals surface area contributed by atoms with Gasteiger partial charge in [-0.15, -0.1) is 0 Å². The van der Waals surface area contributed by atoms with E-state index >= 15 is 0 Å². The number of carbonyl (C=O) groups excluding carboxylic acids is 1. The third-order valence-corrected chi connectivity index (χ3v) is 5.99. The van der Waals surface area contributed by atoms with E-state index in [2.05, 4.69) is 0 Å². The Morgan fingerprint density at radius 3 is 2.43 bits per heavy atom. The van der Waals surface area contributed by atoms with Gasteiger partial charge in [0.2, 0.25) is 5.91 Å². The van der Waals surface area contributed by atoms with Crippen molar-refractivity contribution in [2.24, 2.45) is 0 Å². The summed E-state index contributed by atoms with van der Waals surface area (Å²) in [5.74, 6) is 0.758. The van der Waals surface area contributed by atoms with Crippen molar-refractivity contribution in [3.63, 3.8) is 0 Å². The molecule has 1 aromatic rings. The van der Waals surface area contributed by atoms with Crippen LogP contribution in [-0.2, 0) is 14.6 Å². The Hall–Kier alpha value is -1.56. The van der Waals surface area contributed by atoms with Crippen LogP contribution in [0.1, 0.15) is 32.3 Å². The van der Waals surface area contributed by atoms with Crippen LogP contribution in [0, 0.1) is 6.92 Å². The second-order valence-electron chi connectivity index (χ2n) is 6.00. The van der Waals surface area contributed by atoms with Crippen LogP contribution in [0.4, 0.5) is 0 Å². The minimum atomic E-state index is -3.17. The highest BCUT2D eigenvalue weighted by molar-refractivity contribution is 7.91. The lowest BCUT2D eigenvalue weighted by Gasteiger charge is -2.29. The molecule has 0 saturated carbocycles. The van der Waals surface area contributed by atoms with Crippen molar-refractivity contribution in [1.29, 1.82) is 0 Å². The molecule has 0 aromatic heterocycles. The standard InChI is InChI=1S/C17H27NO4S/c1-13-9-6-7-10-16(13)22-12-8-11-17(19)18(4)14(2)15(3)23(5,20)21/h6-7,9-10,14-15H,8,11-12H2,1-5H3/t14-,15-/m1/s1. The molecule has 1 aromatic carbocycles. The summed E-state index contributed by atoms with van der Waals surface area (Å²) in [5, 5.41) is -0.584. The third kappa shape index (κ3) is 5.86. The van der Waals surface area contributed by atoms with E-state index in [1.165, 1.54) is 11.2 Å². The molecule has 0 N–H and O–H groups in total. The van der Waals surface area contributed by atoms with Crippen molar-refractivity contribution in [3.8, 4) is 5.75 Å². The molecule has 0 aliphatic rings. The number of nitrogens with zero attached hydrogens (tertiary/aromatic N) is 1. The molecular formula is C17H27NO4S. The van der Waals surface area contributed by atoms with Gasteiger partial charge in [0, 0.05) is 25.8 Å². The molecule has 0 heterocycles. The first-order valence-corrected chi connectivity index (χ1v) is 9.73. The second-order valence-corrected chi connectivity index (χ2v) is 8.40. The zero-order chi connectivity index (χ0) is 17.6. The summed E-state index contributed by atoms with van der Waals surface area (Å²) in [6.45, 7) is 5.82. The van der Waals surface area contributed by atoms with Gasteiger partial charge in [-0.2, -0.15) is 0 Å². The molecule has 5 nitrogen and oxygen atoms in total. The molecule has 2 atom stereocenters. The summed E-state index contributed by atoms with van der Waals surface area (Å²) >= 11 is 0. The maximum atomic E-state index is 12.2. The lowest BCUT2D eigenvalue weighted by atomic mass is 10.2. The minimum Gasteiger partial charge on any atom is -0.493 e. The van der Waals surface area contributed by atoms with E-state index in [4.69, 9.17) is 4.74 Å². The van der Waals surface area contributed by atoms with Crippen LogP contribution in [0.5, 0.6) is 5.75 Å². The van der Waals surface area contributed by atoms with Crippen molar-refractivity contribution in [2.45, 2.75) is 44.9 Å². The maximum Gasteiger partial charge on any atom is 0.222 e. The predicted molar refractivity (Wildman–Crippen MR) is 92.4 cm³/mol. The van der Waals surface area contributed by atoms with E-state index in [0.717, 1.165) is 11.3 Å². The number of ether oxygens (including phenoxy) is 1. The van der Waals surface area contributed by atoms with E-state index in [1.54, 1.807) is 20.9 Å². The number of para-hydroxylation sites is 1. The molecule has 1 rings (SSSR count). The summed E-state index contributed by atoms with van der Waals surface area (Å²) < 4.78 is 28.8. The fraction of sp³-hybridized carbons (Fsp3) is 0.588. The van der Waals surface area contributed by atoms with E-state index in [-0.39, 0.29) is 11.9 Å². The number of amides is 1. The Kier molecular flexibility index (Phi) is 7.06. The zero-order valence-corrected chi connectivity index (χ0v) is 15.4. The number of carbonyl (C=O) groups is 1. The molecule has 0 aliphatic carbocycles. The Labute approximate surface area is 139 Å². The number of rotatable bonds is 8. The molecule has 0 radical (unpaired) electrons. The van der Waals surface area contributed by atoms with Crippen LogP contribution in [0.2, 0.25) is 0 Å². The van der Waals surface area contributed by atoms with Gasteiger partial charge in [0.15, 0.2) is 9.84 Å². The Balaban J connectivity index is 2.43. The van der Waals surface area contributed by atoms with E-state index in [1.807, 2.05) is 31.2 Å². The first-order chi connectivity index (χ1) is 10.6. The Morgan fingerprint density at radius 2 is 1.87 bits per heavy atom. The molecule has 0 aliphatic heterocycles. The lowest BCUT2D eigenvalue weighted by Crippen LogP contribution is -2.44. The molecular weight excluding hydrogens is 314 g/mol. The molecule has 0 unspecified atom stereocenters. The van der Waals surface area contributed by atoms with Crippen molar-refractivity contribution in [1.82, 2.24) is 4.90 Å². The fourth-order valence-corrected chi connectivity index (χ4v) is 3.10. The van der Waals surface area contributed by atoms with Crippen LogP contribution in [0.3, 0.4) is 0 Å². The summed E-state index contributed by atoms with van der Waals surface area (Å²) in [4.78, 5) is 13.7. The van der Waals surface area contributed by atoms with Crippen LogP contribution in [0.15, 0.2) is 24.3 Å². The van der Waals surface area contributed by atoms with Crippen LogP contribution in [-0.4, -0.2) is 50.4 Å². The number of benzene rings is 1. The molecule has 0 fully saturated rings. The summed E-state index contributed by atoms with van der Waals surface area (Å²) in [5.41, 5.74) is 1.06. The highest BCUT2D eigenvalue weighted by Gasteiger charge is 2.27. The lowest BCUT2D eigenvalue weighted by molar-refractivity contribution is -0.131. The van der Waals surface area contributed by atoms with Gasteiger partial charge in [0.05, 0.1) is 11.9 Å². The SMILES string of the molecule is Cc1ccccc1OCCCC(=O)N(C)[C@H](C)[C@@H](C)S(C)(=O)=O. The molecule has 130 valence electrons. The zero-order valence-electron chi connectivity index (χ0n) is 14.6. The highest BCUT2D eigenvalue weighted by Crippen LogP contribution is 2.17. The molecule has 6 heteroatoms.